The Balaban J connectivity index is 0.890. The molecule has 18 aromatic rings. The number of benzene rings is 16. The van der Waals surface area contributed by atoms with Gasteiger partial charge in [-0.05, 0) is 151 Å². The SMILES string of the molecule is CC(C)(C)c1cc2c3c(c1)N(c1cccc4c1oc1ccccc14)c1cc(-n4c5ccccc5c5ccccc54)ccc1B3c1cc3c(cc1N2c1c(-c2ccccc2)cccc1-c1ccccc1)N(c1ccccc1)c1cccc2c1B3c1ccccc1N2c1c(-c2ccccc2)cccc1-c1ccccc1. The van der Waals surface area contributed by atoms with Gasteiger partial charge in [-0.15, -0.1) is 0 Å². The lowest BCUT2D eigenvalue weighted by Gasteiger charge is -2.48. The molecule has 2 aromatic heterocycles. The van der Waals surface area contributed by atoms with Crippen LogP contribution in [0.4, 0.5) is 68.2 Å². The molecule has 0 bridgehead atoms. The molecule has 0 spiro atoms. The minimum absolute atomic E-state index is 0.218. The smallest absolute Gasteiger partial charge is 0.252 e. The quantitative estimate of drug-likeness (QED) is 0.134. The zero-order valence-electron chi connectivity index (χ0n) is 59.9. The minimum atomic E-state index is -0.330. The van der Waals surface area contributed by atoms with Crippen LogP contribution < -0.4 is 52.4 Å². The minimum Gasteiger partial charge on any atom is -0.454 e. The summed E-state index contributed by atoms with van der Waals surface area (Å²) in [6.45, 7) is 6.60. The molecule has 8 heteroatoms. The van der Waals surface area contributed by atoms with Gasteiger partial charge in [0.25, 0.3) is 13.4 Å². The molecule has 0 aliphatic carbocycles. The molecule has 4 aliphatic rings. The number of hydrogen-bond donors (Lipinski definition) is 0. The lowest BCUT2D eigenvalue weighted by Crippen LogP contribution is -2.65. The van der Waals surface area contributed by atoms with Gasteiger partial charge in [-0.3, -0.25) is 0 Å². The fourth-order valence-corrected chi connectivity index (χ4v) is 18.6. The lowest BCUT2D eigenvalue weighted by molar-refractivity contribution is 0.590. The molecule has 0 saturated carbocycles. The highest BCUT2D eigenvalue weighted by atomic mass is 16.3. The molecule has 6 heterocycles. The van der Waals surface area contributed by atoms with Crippen molar-refractivity contribution >= 4 is 158 Å². The normalized spacial score (nSPS) is 13.2. The molecule has 0 unspecified atom stereocenters. The van der Waals surface area contributed by atoms with Gasteiger partial charge in [0.1, 0.15) is 5.58 Å². The van der Waals surface area contributed by atoms with E-state index in [4.69, 9.17) is 4.42 Å². The lowest BCUT2D eigenvalue weighted by atomic mass is 9.30. The number of nitrogens with zero attached hydrogens (tertiary/aromatic N) is 5. The number of furan rings is 1. The standard InChI is InChI=1S/C100H69B2N5O/c1-100(2,3)68-59-92-96-93(60-68)107(98-73(66-35-13-6-14-36-66)46-28-47-74(98)67-37-15-7-16-38-67)91-63-90-81(62-82(91)102(96)80-58-57-70(104-83-50-23-19-41-75(83)76-42-20-24-51-84(76)104)61-89(80)105(92)88-55-29-48-78-77-43-21-26-56-94(77)108-99(78)88)101-79-49-22-25-52-85(79)106(87-54-30-53-86(95(87)101)103(90)69-39-17-8-18-40-69)97-71(64-31-9-4-10-32-64)44-27-45-72(97)65-33-11-5-12-34-65/h4-63H,1-3H3. The van der Waals surface area contributed by atoms with Crippen molar-refractivity contribution in [3.05, 3.63) is 370 Å². The van der Waals surface area contributed by atoms with E-state index >= 15 is 0 Å². The molecular formula is C100H69B2N5O. The van der Waals surface area contributed by atoms with E-state index < -0.39 is 0 Å². The first-order valence-corrected chi connectivity index (χ1v) is 37.6. The second kappa shape index (κ2) is 24.0. The molecular weight excluding hydrogens is 1310 g/mol. The van der Waals surface area contributed by atoms with Gasteiger partial charge in [0, 0.05) is 101 Å². The second-order valence-electron chi connectivity index (χ2n) is 30.2. The molecule has 0 radical (unpaired) electrons. The number of hydrogen-bond acceptors (Lipinski definition) is 5. The Morgan fingerprint density at radius 1 is 0.259 bits per heavy atom. The van der Waals surface area contributed by atoms with E-state index in [-0.39, 0.29) is 18.8 Å². The van der Waals surface area contributed by atoms with Crippen molar-refractivity contribution in [1.82, 2.24) is 4.57 Å². The van der Waals surface area contributed by atoms with E-state index in [1.807, 2.05) is 0 Å². The molecule has 16 aromatic carbocycles. The highest BCUT2D eigenvalue weighted by Crippen LogP contribution is 2.56. The predicted octanol–water partition coefficient (Wildman–Crippen LogP) is 22.8. The molecule has 22 rings (SSSR count). The fraction of sp³-hybridized carbons (Fsp3) is 0.0400. The molecule has 6 nitrogen and oxygen atoms in total. The van der Waals surface area contributed by atoms with Crippen molar-refractivity contribution in [3.8, 4) is 50.2 Å². The van der Waals surface area contributed by atoms with Gasteiger partial charge >= 0.3 is 0 Å². The second-order valence-corrected chi connectivity index (χ2v) is 30.2. The van der Waals surface area contributed by atoms with Gasteiger partial charge in [-0.2, -0.15) is 0 Å². The van der Waals surface area contributed by atoms with Crippen LogP contribution in [-0.4, -0.2) is 18.0 Å². The maximum Gasteiger partial charge on any atom is 0.252 e. The summed E-state index contributed by atoms with van der Waals surface area (Å²) >= 11 is 0. The molecule has 0 fully saturated rings. The first kappa shape index (κ1) is 61.9. The number of aromatic nitrogens is 1. The monoisotopic (exact) mass is 1380 g/mol. The molecule has 108 heavy (non-hydrogen) atoms. The predicted molar refractivity (Wildman–Crippen MR) is 457 cm³/mol. The van der Waals surface area contributed by atoms with Crippen molar-refractivity contribution in [3.63, 3.8) is 0 Å². The summed E-state index contributed by atoms with van der Waals surface area (Å²) < 4.78 is 9.77. The van der Waals surface area contributed by atoms with E-state index in [0.717, 1.165) is 151 Å². The van der Waals surface area contributed by atoms with Crippen molar-refractivity contribution in [2.24, 2.45) is 0 Å². The number of rotatable bonds is 9. The maximum atomic E-state index is 7.29. The van der Waals surface area contributed by atoms with Gasteiger partial charge in [0.2, 0.25) is 0 Å². The zero-order chi connectivity index (χ0) is 71.5. The van der Waals surface area contributed by atoms with E-state index in [0.29, 0.717) is 0 Å². The average Bonchev–Trinajstić information content (AvgIpc) is 0.762. The van der Waals surface area contributed by atoms with Crippen molar-refractivity contribution < 1.29 is 4.42 Å². The first-order valence-electron chi connectivity index (χ1n) is 37.6. The summed E-state index contributed by atoms with van der Waals surface area (Å²) in [4.78, 5) is 10.5. The van der Waals surface area contributed by atoms with E-state index in [1.54, 1.807) is 0 Å². The Morgan fingerprint density at radius 3 is 1.24 bits per heavy atom. The Kier molecular flexibility index (Phi) is 13.7. The zero-order valence-corrected chi connectivity index (χ0v) is 59.9. The van der Waals surface area contributed by atoms with E-state index in [9.17, 15) is 0 Å². The third-order valence-electron chi connectivity index (χ3n) is 23.3. The summed E-state index contributed by atoms with van der Waals surface area (Å²) in [5.41, 5.74) is 35.8. The van der Waals surface area contributed by atoms with Crippen LogP contribution in [0.1, 0.15) is 26.3 Å². The molecule has 0 amide bonds. The van der Waals surface area contributed by atoms with Crippen LogP contribution in [0.3, 0.4) is 0 Å². The molecule has 0 N–H and O–H groups in total. The summed E-state index contributed by atoms with van der Waals surface area (Å²) in [5.74, 6) is 0. The number of para-hydroxylation sites is 8. The van der Waals surface area contributed by atoms with E-state index in [1.165, 1.54) is 49.1 Å². The Morgan fingerprint density at radius 2 is 0.667 bits per heavy atom. The van der Waals surface area contributed by atoms with Crippen molar-refractivity contribution in [1.29, 1.82) is 0 Å². The fourth-order valence-electron chi connectivity index (χ4n) is 18.6. The van der Waals surface area contributed by atoms with Gasteiger partial charge in [-0.1, -0.05) is 300 Å². The van der Waals surface area contributed by atoms with Crippen molar-refractivity contribution in [2.75, 3.05) is 19.6 Å². The summed E-state index contributed by atoms with van der Waals surface area (Å²) in [7, 11) is 0. The van der Waals surface area contributed by atoms with Crippen LogP contribution >= 0.6 is 0 Å². The topological polar surface area (TPSA) is 31.0 Å². The third kappa shape index (κ3) is 9.23. The third-order valence-corrected chi connectivity index (χ3v) is 23.3. The Labute approximate surface area is 628 Å². The summed E-state index contributed by atoms with van der Waals surface area (Å²) in [6, 6.07) is 136. The maximum absolute atomic E-state index is 7.29. The number of anilines is 12. The van der Waals surface area contributed by atoms with Crippen LogP contribution in [0.5, 0.6) is 0 Å². The van der Waals surface area contributed by atoms with Crippen LogP contribution in [0.2, 0.25) is 0 Å². The Hall–Kier alpha value is -13.6. The summed E-state index contributed by atoms with van der Waals surface area (Å²) in [6.07, 6.45) is 0. The van der Waals surface area contributed by atoms with Crippen LogP contribution in [0.15, 0.2) is 368 Å². The van der Waals surface area contributed by atoms with Gasteiger partial charge in [-0.25, -0.2) is 0 Å². The van der Waals surface area contributed by atoms with Gasteiger partial charge in [0.15, 0.2) is 5.58 Å². The molecule has 506 valence electrons. The van der Waals surface area contributed by atoms with Crippen LogP contribution in [-0.2, 0) is 5.41 Å². The highest BCUT2D eigenvalue weighted by molar-refractivity contribution is 7.03. The molecule has 4 aliphatic heterocycles. The number of fused-ring (bicyclic) bond motifs is 14. The van der Waals surface area contributed by atoms with Gasteiger partial charge in [0.05, 0.1) is 28.1 Å². The average molecular weight is 1380 g/mol. The van der Waals surface area contributed by atoms with E-state index in [2.05, 4.69) is 409 Å². The Bertz CT molecular complexity index is 6540. The van der Waals surface area contributed by atoms with Gasteiger partial charge < -0.3 is 28.6 Å². The first-order chi connectivity index (χ1) is 53.3. The molecule has 0 saturated heterocycles. The van der Waals surface area contributed by atoms with Crippen molar-refractivity contribution in [2.45, 2.75) is 26.2 Å². The highest BCUT2D eigenvalue weighted by Gasteiger charge is 2.50. The summed E-state index contributed by atoms with van der Waals surface area (Å²) in [5, 5.41) is 4.59. The largest absolute Gasteiger partial charge is 0.454 e. The molecule has 0 atom stereocenters. The van der Waals surface area contributed by atoms with Crippen LogP contribution in [0.25, 0.3) is 93.9 Å². The van der Waals surface area contributed by atoms with Crippen LogP contribution in [0, 0.1) is 0 Å².